The van der Waals surface area contributed by atoms with Crippen LogP contribution in [0.15, 0.2) is 22.6 Å². The molecule has 1 N–H and O–H groups in total. The Morgan fingerprint density at radius 1 is 1.52 bits per heavy atom. The molecule has 0 aliphatic carbocycles. The van der Waals surface area contributed by atoms with E-state index in [-0.39, 0.29) is 5.70 Å². The fraction of sp³-hybridized carbons (Fsp3) is 0.533. The lowest BCUT2D eigenvalue weighted by Crippen LogP contribution is -2.70. The van der Waals surface area contributed by atoms with Gasteiger partial charge in [0.2, 0.25) is 9.70 Å². The molecule has 150 valence electrons. The first kappa shape index (κ1) is 22.5. The van der Waals surface area contributed by atoms with Crippen LogP contribution in [0, 0.1) is 5.92 Å². The second-order valence-corrected chi connectivity index (χ2v) is 10.6. The van der Waals surface area contributed by atoms with Gasteiger partial charge in [-0.25, -0.2) is 9.59 Å². The van der Waals surface area contributed by atoms with Crippen LogP contribution in [-0.2, 0) is 19.1 Å². The van der Waals surface area contributed by atoms with Gasteiger partial charge in [0, 0.05) is 0 Å². The number of fused-ring (bicyclic) bond motifs is 1. The van der Waals surface area contributed by atoms with Crippen LogP contribution in [0.5, 0.6) is 0 Å². The number of hydrogen-bond acceptors (Lipinski definition) is 7. The first-order valence-electron chi connectivity index (χ1n) is 7.54. The summed E-state index contributed by atoms with van der Waals surface area (Å²) in [4.78, 5) is 36.5. The van der Waals surface area contributed by atoms with E-state index in [0.717, 1.165) is 0 Å². The van der Waals surface area contributed by atoms with Crippen LogP contribution in [0.25, 0.3) is 0 Å². The van der Waals surface area contributed by atoms with E-state index in [2.05, 4.69) is 6.58 Å². The Hall–Kier alpha value is -0.740. The molecule has 3 atom stereocenters. The normalized spacial score (nSPS) is 25.6. The standard InChI is InChI=1S/C15H16Cl3NO6S2/c1-4-5-14-8(7(2)25-13(23)24-6-15(16,17)18)10(20)19(14)9(11(21)22)12(26-3)27-14/h4,7-8H,1,5-6H2,2-3H3,(H,21,22)/t7?,8-,14+/m0/s1. The van der Waals surface area contributed by atoms with Gasteiger partial charge >= 0.3 is 12.1 Å². The number of rotatable bonds is 7. The highest BCUT2D eigenvalue weighted by atomic mass is 35.6. The lowest BCUT2D eigenvalue weighted by atomic mass is 9.80. The Morgan fingerprint density at radius 3 is 2.63 bits per heavy atom. The van der Waals surface area contributed by atoms with E-state index >= 15 is 0 Å². The molecule has 0 aromatic rings. The molecular formula is C15H16Cl3NO6S2. The highest BCUT2D eigenvalue weighted by molar-refractivity contribution is 8.22. The van der Waals surface area contributed by atoms with E-state index in [1.54, 1.807) is 12.3 Å². The molecule has 0 aromatic heterocycles. The van der Waals surface area contributed by atoms with Crippen molar-refractivity contribution < 1.29 is 29.0 Å². The van der Waals surface area contributed by atoms with Crippen LogP contribution in [0.3, 0.4) is 0 Å². The van der Waals surface area contributed by atoms with Crippen LogP contribution in [0.2, 0.25) is 0 Å². The van der Waals surface area contributed by atoms with Gasteiger partial charge in [-0.15, -0.1) is 18.3 Å². The third-order valence-electron chi connectivity index (χ3n) is 3.97. The average Bonchev–Trinajstić information content (AvgIpc) is 2.83. The zero-order valence-electron chi connectivity index (χ0n) is 14.2. The maximum absolute atomic E-state index is 12.7. The third kappa shape index (κ3) is 4.32. The monoisotopic (exact) mass is 475 g/mol. The van der Waals surface area contributed by atoms with Crippen LogP contribution in [0.4, 0.5) is 4.79 Å². The Bertz CT molecular complexity index is 710. The summed E-state index contributed by atoms with van der Waals surface area (Å²) in [7, 11) is 0. The molecule has 12 heteroatoms. The number of alkyl halides is 3. The molecule has 1 fully saturated rings. The van der Waals surface area contributed by atoms with Gasteiger partial charge in [-0.2, -0.15) is 0 Å². The number of carboxylic acids is 1. The predicted molar refractivity (Wildman–Crippen MR) is 106 cm³/mol. The summed E-state index contributed by atoms with van der Waals surface area (Å²) in [6.07, 6.45) is 1.65. The highest BCUT2D eigenvalue weighted by Gasteiger charge is 2.68. The Labute approximate surface area is 179 Å². The minimum atomic E-state index is -1.79. The first-order valence-corrected chi connectivity index (χ1v) is 10.7. The highest BCUT2D eigenvalue weighted by Crippen LogP contribution is 2.62. The number of halogens is 3. The summed E-state index contributed by atoms with van der Waals surface area (Å²) in [6, 6.07) is 0. The molecule has 0 saturated carbocycles. The van der Waals surface area contributed by atoms with Crippen molar-refractivity contribution >= 4 is 76.4 Å². The van der Waals surface area contributed by atoms with Crippen molar-refractivity contribution in [3.05, 3.63) is 22.6 Å². The van der Waals surface area contributed by atoms with Gasteiger partial charge in [0.25, 0.3) is 0 Å². The molecule has 2 rings (SSSR count). The van der Waals surface area contributed by atoms with Crippen molar-refractivity contribution in [1.29, 1.82) is 0 Å². The van der Waals surface area contributed by atoms with Crippen molar-refractivity contribution in [3.63, 3.8) is 0 Å². The molecular weight excluding hydrogens is 461 g/mol. The van der Waals surface area contributed by atoms with Gasteiger partial charge in [0.15, 0.2) is 5.70 Å². The second-order valence-electron chi connectivity index (χ2n) is 5.71. The minimum absolute atomic E-state index is 0.0680. The zero-order valence-corrected chi connectivity index (χ0v) is 18.1. The summed E-state index contributed by atoms with van der Waals surface area (Å²) in [5.74, 6) is -2.42. The lowest BCUT2D eigenvalue weighted by Gasteiger charge is -2.54. The van der Waals surface area contributed by atoms with Crippen molar-refractivity contribution in [2.24, 2.45) is 5.92 Å². The summed E-state index contributed by atoms with van der Waals surface area (Å²) in [5, 5.41) is 9.51. The summed E-state index contributed by atoms with van der Waals surface area (Å²) in [6.45, 7) is 4.71. The van der Waals surface area contributed by atoms with Crippen LogP contribution >= 0.6 is 58.3 Å². The average molecular weight is 477 g/mol. The minimum Gasteiger partial charge on any atom is -0.477 e. The van der Waals surface area contributed by atoms with E-state index in [1.165, 1.54) is 35.3 Å². The molecule has 7 nitrogen and oxygen atoms in total. The van der Waals surface area contributed by atoms with E-state index in [0.29, 0.717) is 10.7 Å². The molecule has 2 heterocycles. The molecule has 1 saturated heterocycles. The molecule has 2 aliphatic heterocycles. The Kier molecular flexibility index (Phi) is 6.95. The number of carbonyl (C=O) groups is 3. The van der Waals surface area contributed by atoms with Gasteiger partial charge in [-0.3, -0.25) is 9.69 Å². The van der Waals surface area contributed by atoms with Crippen LogP contribution in [0.1, 0.15) is 13.3 Å². The first-order chi connectivity index (χ1) is 12.5. The van der Waals surface area contributed by atoms with Crippen molar-refractivity contribution in [3.8, 4) is 0 Å². The van der Waals surface area contributed by atoms with Gasteiger partial charge in [-0.05, 0) is 19.6 Å². The van der Waals surface area contributed by atoms with E-state index in [9.17, 15) is 19.5 Å². The maximum atomic E-state index is 12.7. The molecule has 0 radical (unpaired) electrons. The number of nitrogens with zero attached hydrogens (tertiary/aromatic N) is 1. The number of carbonyl (C=O) groups excluding carboxylic acids is 2. The van der Waals surface area contributed by atoms with Crippen molar-refractivity contribution in [1.82, 2.24) is 4.90 Å². The molecule has 2 aliphatic rings. The Morgan fingerprint density at radius 2 is 2.15 bits per heavy atom. The predicted octanol–water partition coefficient (Wildman–Crippen LogP) is 3.99. The summed E-state index contributed by atoms with van der Waals surface area (Å²) in [5.41, 5.74) is -0.0680. The molecule has 0 spiro atoms. The van der Waals surface area contributed by atoms with Crippen molar-refractivity contribution in [2.45, 2.75) is 28.1 Å². The van der Waals surface area contributed by atoms with E-state index < -0.39 is 45.3 Å². The van der Waals surface area contributed by atoms with Gasteiger partial charge in [-0.1, -0.05) is 52.6 Å². The van der Waals surface area contributed by atoms with Crippen molar-refractivity contribution in [2.75, 3.05) is 12.9 Å². The zero-order chi connectivity index (χ0) is 20.6. The van der Waals surface area contributed by atoms with Crippen LogP contribution < -0.4 is 0 Å². The third-order valence-corrected chi connectivity index (χ3v) is 6.94. The van der Waals surface area contributed by atoms with Gasteiger partial charge < -0.3 is 14.6 Å². The number of ether oxygens (including phenoxy) is 2. The second kappa shape index (κ2) is 8.32. The number of amides is 1. The molecule has 27 heavy (non-hydrogen) atoms. The maximum Gasteiger partial charge on any atom is 0.508 e. The summed E-state index contributed by atoms with van der Waals surface area (Å²) < 4.78 is 8.60. The largest absolute Gasteiger partial charge is 0.508 e. The van der Waals surface area contributed by atoms with Crippen LogP contribution in [-0.4, -0.2) is 55.7 Å². The molecule has 1 amide bonds. The Balaban J connectivity index is 2.19. The summed E-state index contributed by atoms with van der Waals surface area (Å²) >= 11 is 19.0. The smallest absolute Gasteiger partial charge is 0.477 e. The van der Waals surface area contributed by atoms with E-state index in [4.69, 9.17) is 44.3 Å². The topological polar surface area (TPSA) is 93.1 Å². The molecule has 0 aromatic carbocycles. The fourth-order valence-electron chi connectivity index (χ4n) is 3.05. The molecule has 0 bridgehead atoms. The molecule has 1 unspecified atom stereocenters. The SMILES string of the molecule is C=CC[C@]12SC(SC)=C(C(=O)O)N1C(=O)[C@@H]2C(C)OC(=O)OCC(Cl)(Cl)Cl. The van der Waals surface area contributed by atoms with Gasteiger partial charge in [0.05, 0.1) is 4.24 Å². The van der Waals surface area contributed by atoms with Gasteiger partial charge in [0.1, 0.15) is 23.5 Å². The lowest BCUT2D eigenvalue weighted by molar-refractivity contribution is -0.167. The van der Waals surface area contributed by atoms with E-state index in [1.807, 2.05) is 0 Å². The number of aliphatic carboxylic acids is 1. The number of carboxylic acid groups (broad SMARTS) is 1. The quantitative estimate of drug-likeness (QED) is 0.255. The fourth-order valence-corrected chi connectivity index (χ4v) is 5.84. The number of thioether (sulfide) groups is 2. The number of hydrogen-bond donors (Lipinski definition) is 1. The number of β-lactam (4-membered cyclic amide) rings is 1.